The Morgan fingerprint density at radius 1 is 1.26 bits per heavy atom. The third kappa shape index (κ3) is 3.92. The summed E-state index contributed by atoms with van der Waals surface area (Å²) in [5.41, 5.74) is -0.853. The van der Waals surface area contributed by atoms with Gasteiger partial charge in [-0.25, -0.2) is 8.42 Å². The topological polar surface area (TPSA) is 72.8 Å². The van der Waals surface area contributed by atoms with Gasteiger partial charge in [0.1, 0.15) is 18.0 Å². The first-order valence-electron chi connectivity index (χ1n) is 6.12. The lowest BCUT2D eigenvalue weighted by Gasteiger charge is -2.31. The largest absolute Gasteiger partial charge is 0.491 e. The Kier molecular flexibility index (Phi) is 4.13. The van der Waals surface area contributed by atoms with E-state index >= 15 is 0 Å². The molecule has 2 rings (SSSR count). The molecule has 19 heavy (non-hydrogen) atoms. The van der Waals surface area contributed by atoms with Gasteiger partial charge in [0, 0.05) is 32.3 Å². The van der Waals surface area contributed by atoms with E-state index < -0.39 is 15.4 Å². The molecule has 0 unspecified atom stereocenters. The van der Waals surface area contributed by atoms with Crippen molar-refractivity contribution in [1.82, 2.24) is 0 Å². The molecule has 0 bridgehead atoms. The molecule has 0 atom stereocenters. The third-order valence-corrected chi connectivity index (χ3v) is 4.31. The van der Waals surface area contributed by atoms with Crippen LogP contribution >= 0.6 is 0 Å². The molecule has 1 fully saturated rings. The number of hydrogen-bond donors (Lipinski definition) is 1. The lowest BCUT2D eigenvalue weighted by molar-refractivity contribution is -0.0855. The first kappa shape index (κ1) is 14.3. The summed E-state index contributed by atoms with van der Waals surface area (Å²) >= 11 is 0. The summed E-state index contributed by atoms with van der Waals surface area (Å²) in [6, 6.07) is 6.19. The quantitative estimate of drug-likeness (QED) is 0.894. The number of aliphatic hydroxyl groups is 1. The molecule has 0 amide bonds. The molecule has 0 spiro atoms. The second-order valence-electron chi connectivity index (χ2n) is 4.87. The minimum atomic E-state index is -3.19. The fourth-order valence-corrected chi connectivity index (χ4v) is 2.53. The molecule has 1 aromatic carbocycles. The maximum atomic E-state index is 11.3. The lowest BCUT2D eigenvalue weighted by Crippen LogP contribution is -2.41. The monoisotopic (exact) mass is 286 g/mol. The molecule has 0 radical (unpaired) electrons. The molecule has 6 heteroatoms. The third-order valence-electron chi connectivity index (χ3n) is 3.18. The number of benzene rings is 1. The predicted molar refractivity (Wildman–Crippen MR) is 70.0 cm³/mol. The first-order valence-corrected chi connectivity index (χ1v) is 8.01. The molecule has 0 saturated carbocycles. The maximum Gasteiger partial charge on any atom is 0.175 e. The Morgan fingerprint density at radius 3 is 2.37 bits per heavy atom. The number of rotatable bonds is 4. The van der Waals surface area contributed by atoms with Gasteiger partial charge in [-0.3, -0.25) is 0 Å². The highest BCUT2D eigenvalue weighted by Gasteiger charge is 2.30. The van der Waals surface area contributed by atoms with Crippen molar-refractivity contribution in [3.05, 3.63) is 24.3 Å². The van der Waals surface area contributed by atoms with Gasteiger partial charge in [0.15, 0.2) is 9.84 Å². The van der Waals surface area contributed by atoms with E-state index in [0.717, 1.165) is 6.26 Å². The Balaban J connectivity index is 1.96. The molecule has 1 heterocycles. The van der Waals surface area contributed by atoms with E-state index in [0.29, 0.717) is 31.8 Å². The van der Waals surface area contributed by atoms with Crippen molar-refractivity contribution < 1.29 is 23.0 Å². The highest BCUT2D eigenvalue weighted by Crippen LogP contribution is 2.23. The van der Waals surface area contributed by atoms with Crippen molar-refractivity contribution in [2.24, 2.45) is 0 Å². The minimum Gasteiger partial charge on any atom is -0.491 e. The van der Waals surface area contributed by atoms with Crippen LogP contribution in [0, 0.1) is 0 Å². The average molecular weight is 286 g/mol. The zero-order chi connectivity index (χ0) is 13.9. The molecule has 0 aliphatic carbocycles. The van der Waals surface area contributed by atoms with Gasteiger partial charge < -0.3 is 14.6 Å². The van der Waals surface area contributed by atoms with Crippen LogP contribution in [0.3, 0.4) is 0 Å². The van der Waals surface area contributed by atoms with E-state index in [1.165, 1.54) is 12.1 Å². The van der Waals surface area contributed by atoms with Crippen LogP contribution in [0.15, 0.2) is 29.2 Å². The summed E-state index contributed by atoms with van der Waals surface area (Å²) < 4.78 is 33.3. The van der Waals surface area contributed by atoms with Crippen LogP contribution in [-0.4, -0.2) is 45.2 Å². The van der Waals surface area contributed by atoms with Crippen LogP contribution in [0.4, 0.5) is 0 Å². The van der Waals surface area contributed by atoms with Gasteiger partial charge in [-0.1, -0.05) is 0 Å². The Morgan fingerprint density at radius 2 is 1.84 bits per heavy atom. The fraction of sp³-hybridized carbons (Fsp3) is 0.538. The van der Waals surface area contributed by atoms with Crippen LogP contribution in [0.2, 0.25) is 0 Å². The van der Waals surface area contributed by atoms with Crippen LogP contribution in [0.5, 0.6) is 5.75 Å². The van der Waals surface area contributed by atoms with E-state index in [1.807, 2.05) is 0 Å². The van der Waals surface area contributed by atoms with Gasteiger partial charge in [0.05, 0.1) is 4.90 Å². The second kappa shape index (κ2) is 5.48. The molecule has 1 N–H and O–H groups in total. The van der Waals surface area contributed by atoms with Crippen LogP contribution in [0.1, 0.15) is 12.8 Å². The molecule has 1 aliphatic heterocycles. The van der Waals surface area contributed by atoms with Crippen molar-refractivity contribution in [3.63, 3.8) is 0 Å². The summed E-state index contributed by atoms with van der Waals surface area (Å²) in [7, 11) is -3.19. The minimum absolute atomic E-state index is 0.189. The van der Waals surface area contributed by atoms with Crippen LogP contribution in [-0.2, 0) is 14.6 Å². The summed E-state index contributed by atoms with van der Waals surface area (Å²) in [5, 5.41) is 10.2. The van der Waals surface area contributed by atoms with Gasteiger partial charge in [-0.15, -0.1) is 0 Å². The van der Waals surface area contributed by atoms with Crippen molar-refractivity contribution in [1.29, 1.82) is 0 Å². The van der Waals surface area contributed by atoms with Gasteiger partial charge in [0.2, 0.25) is 0 Å². The first-order chi connectivity index (χ1) is 8.89. The Bertz CT molecular complexity index is 514. The second-order valence-corrected chi connectivity index (χ2v) is 6.88. The van der Waals surface area contributed by atoms with E-state index in [4.69, 9.17) is 9.47 Å². The summed E-state index contributed by atoms with van der Waals surface area (Å²) in [4.78, 5) is 0.254. The summed E-state index contributed by atoms with van der Waals surface area (Å²) in [6.07, 6.45) is 2.26. The van der Waals surface area contributed by atoms with E-state index in [9.17, 15) is 13.5 Å². The molecule has 1 saturated heterocycles. The van der Waals surface area contributed by atoms with Crippen molar-refractivity contribution in [3.8, 4) is 5.75 Å². The Labute approximate surface area is 113 Å². The molecule has 0 aromatic heterocycles. The van der Waals surface area contributed by atoms with Crippen LogP contribution in [0.25, 0.3) is 0 Å². The zero-order valence-corrected chi connectivity index (χ0v) is 11.6. The van der Waals surface area contributed by atoms with Crippen molar-refractivity contribution >= 4 is 9.84 Å². The van der Waals surface area contributed by atoms with Gasteiger partial charge in [0.25, 0.3) is 0 Å². The van der Waals surface area contributed by atoms with Gasteiger partial charge in [-0.2, -0.15) is 0 Å². The SMILES string of the molecule is CS(=O)(=O)c1ccc(OCC2(O)CCOCC2)cc1. The van der Waals surface area contributed by atoms with E-state index in [1.54, 1.807) is 12.1 Å². The number of ether oxygens (including phenoxy) is 2. The normalized spacial score (nSPS) is 19.1. The molecular formula is C13H18O5S. The molecular weight excluding hydrogens is 268 g/mol. The van der Waals surface area contributed by atoms with Gasteiger partial charge >= 0.3 is 0 Å². The smallest absolute Gasteiger partial charge is 0.175 e. The van der Waals surface area contributed by atoms with E-state index in [2.05, 4.69) is 0 Å². The molecule has 1 aliphatic rings. The molecule has 106 valence electrons. The van der Waals surface area contributed by atoms with Crippen molar-refractivity contribution in [2.75, 3.05) is 26.1 Å². The zero-order valence-electron chi connectivity index (χ0n) is 10.8. The Hall–Kier alpha value is -1.11. The average Bonchev–Trinajstić information content (AvgIpc) is 2.37. The summed E-state index contributed by atoms with van der Waals surface area (Å²) in [5.74, 6) is 0.548. The number of sulfone groups is 1. The molecule has 5 nitrogen and oxygen atoms in total. The van der Waals surface area contributed by atoms with Crippen LogP contribution < -0.4 is 4.74 Å². The summed E-state index contributed by atoms with van der Waals surface area (Å²) in [6.45, 7) is 1.26. The fourth-order valence-electron chi connectivity index (χ4n) is 1.90. The lowest BCUT2D eigenvalue weighted by atomic mass is 9.96. The highest BCUT2D eigenvalue weighted by atomic mass is 32.2. The van der Waals surface area contributed by atoms with Crippen molar-refractivity contribution in [2.45, 2.75) is 23.3 Å². The van der Waals surface area contributed by atoms with E-state index in [-0.39, 0.29) is 11.5 Å². The predicted octanol–water partition coefficient (Wildman–Crippen LogP) is 1.01. The maximum absolute atomic E-state index is 11.3. The highest BCUT2D eigenvalue weighted by molar-refractivity contribution is 7.90. The standard InChI is InChI=1S/C13H18O5S/c1-19(15,16)12-4-2-11(3-5-12)18-10-13(14)6-8-17-9-7-13/h2-5,14H,6-10H2,1H3. The van der Waals surface area contributed by atoms with Gasteiger partial charge in [-0.05, 0) is 24.3 Å². The number of hydrogen-bond acceptors (Lipinski definition) is 5. The molecule has 1 aromatic rings.